The third-order valence-corrected chi connectivity index (χ3v) is 5.74. The van der Waals surface area contributed by atoms with E-state index in [1.807, 2.05) is 12.1 Å². The van der Waals surface area contributed by atoms with Gasteiger partial charge in [0.05, 0.1) is 18.5 Å². The van der Waals surface area contributed by atoms with Crippen LogP contribution in [-0.4, -0.2) is 49.1 Å². The van der Waals surface area contributed by atoms with Gasteiger partial charge in [0.15, 0.2) is 0 Å². The van der Waals surface area contributed by atoms with Crippen molar-refractivity contribution < 1.29 is 9.53 Å². The van der Waals surface area contributed by atoms with Crippen LogP contribution < -0.4 is 9.64 Å². The molecule has 0 aliphatic carbocycles. The predicted octanol–water partition coefficient (Wildman–Crippen LogP) is 3.39. The first-order valence-corrected chi connectivity index (χ1v) is 9.65. The fourth-order valence-electron chi connectivity index (χ4n) is 4.20. The van der Waals surface area contributed by atoms with Gasteiger partial charge in [0.25, 0.3) is 0 Å². The minimum atomic E-state index is 0.108. The van der Waals surface area contributed by atoms with Gasteiger partial charge in [-0.2, -0.15) is 0 Å². The molecular formula is C21H27N3O2. The van der Waals surface area contributed by atoms with Gasteiger partial charge in [-0.3, -0.25) is 4.79 Å². The van der Waals surface area contributed by atoms with E-state index in [2.05, 4.69) is 28.9 Å². The Balaban J connectivity index is 1.53. The largest absolute Gasteiger partial charge is 0.497 e. The van der Waals surface area contributed by atoms with Gasteiger partial charge in [-0.15, -0.1) is 0 Å². The number of likely N-dealkylation sites (tertiary alicyclic amines) is 1. The number of ether oxygens (including phenoxy) is 1. The number of methoxy groups -OCH3 is 1. The number of anilines is 1. The standard InChI is InChI=1S/C21H27N3O2/c1-15-12-20(22-19-13-17(26-2)6-7-18(15)19)24-11-8-16(14-24)21(25)23-9-4-3-5-10-23/h6-7,12-13,16H,3-5,8-11,14H2,1-2H3. The van der Waals surface area contributed by atoms with Crippen LogP contribution >= 0.6 is 0 Å². The number of amides is 1. The molecule has 2 saturated heterocycles. The average Bonchev–Trinajstić information content (AvgIpc) is 3.17. The van der Waals surface area contributed by atoms with Gasteiger partial charge in [-0.05, 0) is 56.4 Å². The van der Waals surface area contributed by atoms with E-state index in [0.29, 0.717) is 5.91 Å². The van der Waals surface area contributed by atoms with Crippen LogP contribution in [0.4, 0.5) is 5.82 Å². The Hall–Kier alpha value is -2.30. The Bertz CT molecular complexity index is 814. The highest BCUT2D eigenvalue weighted by Crippen LogP contribution is 2.29. The molecule has 0 saturated carbocycles. The molecule has 2 fully saturated rings. The first-order valence-electron chi connectivity index (χ1n) is 9.65. The molecule has 1 atom stereocenters. The maximum atomic E-state index is 12.8. The minimum absolute atomic E-state index is 0.108. The lowest BCUT2D eigenvalue weighted by atomic mass is 10.0. The Morgan fingerprint density at radius 3 is 2.73 bits per heavy atom. The van der Waals surface area contributed by atoms with Crippen molar-refractivity contribution in [1.82, 2.24) is 9.88 Å². The second-order valence-corrected chi connectivity index (χ2v) is 7.50. The van der Waals surface area contributed by atoms with Crippen molar-refractivity contribution in [2.24, 2.45) is 5.92 Å². The molecule has 1 amide bonds. The lowest BCUT2D eigenvalue weighted by Crippen LogP contribution is -2.40. The smallest absolute Gasteiger partial charge is 0.227 e. The number of hydrogen-bond donors (Lipinski definition) is 0. The fraction of sp³-hybridized carbons (Fsp3) is 0.524. The lowest BCUT2D eigenvalue weighted by Gasteiger charge is -2.29. The topological polar surface area (TPSA) is 45.7 Å². The number of pyridine rings is 1. The van der Waals surface area contributed by atoms with E-state index in [4.69, 9.17) is 9.72 Å². The Labute approximate surface area is 154 Å². The molecule has 1 unspecified atom stereocenters. The Morgan fingerprint density at radius 2 is 1.96 bits per heavy atom. The first kappa shape index (κ1) is 17.1. The van der Waals surface area contributed by atoms with Crippen LogP contribution in [0.3, 0.4) is 0 Å². The number of aryl methyl sites for hydroxylation is 1. The summed E-state index contributed by atoms with van der Waals surface area (Å²) in [5.41, 5.74) is 2.16. The van der Waals surface area contributed by atoms with Gasteiger partial charge in [0.1, 0.15) is 11.6 Å². The molecule has 2 aromatic rings. The van der Waals surface area contributed by atoms with Gasteiger partial charge in [0, 0.05) is 37.6 Å². The number of hydrogen-bond acceptors (Lipinski definition) is 4. The molecule has 0 N–H and O–H groups in total. The number of carbonyl (C=O) groups is 1. The van der Waals surface area contributed by atoms with Crippen LogP contribution in [-0.2, 0) is 4.79 Å². The zero-order valence-electron chi connectivity index (χ0n) is 15.7. The number of aromatic nitrogens is 1. The first-order chi connectivity index (χ1) is 12.7. The third kappa shape index (κ3) is 3.22. The molecule has 3 heterocycles. The van der Waals surface area contributed by atoms with Gasteiger partial charge in [0.2, 0.25) is 5.91 Å². The highest BCUT2D eigenvalue weighted by Gasteiger charge is 2.32. The van der Waals surface area contributed by atoms with Crippen LogP contribution in [0.1, 0.15) is 31.2 Å². The Morgan fingerprint density at radius 1 is 1.15 bits per heavy atom. The third-order valence-electron chi connectivity index (χ3n) is 5.74. The summed E-state index contributed by atoms with van der Waals surface area (Å²) < 4.78 is 5.34. The van der Waals surface area contributed by atoms with Gasteiger partial charge >= 0.3 is 0 Å². The van der Waals surface area contributed by atoms with E-state index in [0.717, 1.165) is 67.9 Å². The summed E-state index contributed by atoms with van der Waals surface area (Å²) in [5, 5.41) is 1.15. The van der Waals surface area contributed by atoms with Crippen LogP contribution in [0.2, 0.25) is 0 Å². The van der Waals surface area contributed by atoms with E-state index >= 15 is 0 Å². The number of nitrogens with zero attached hydrogens (tertiary/aromatic N) is 3. The summed E-state index contributed by atoms with van der Waals surface area (Å²) in [7, 11) is 1.68. The number of benzene rings is 1. The summed E-state index contributed by atoms with van der Waals surface area (Å²) in [6.45, 7) is 5.65. The molecule has 26 heavy (non-hydrogen) atoms. The molecule has 1 aromatic heterocycles. The van der Waals surface area contributed by atoms with Crippen molar-refractivity contribution in [1.29, 1.82) is 0 Å². The van der Waals surface area contributed by atoms with Gasteiger partial charge in [-0.25, -0.2) is 4.98 Å². The van der Waals surface area contributed by atoms with E-state index in [9.17, 15) is 4.79 Å². The lowest BCUT2D eigenvalue weighted by molar-refractivity contribution is -0.135. The van der Waals surface area contributed by atoms with Crippen LogP contribution in [0.25, 0.3) is 10.9 Å². The van der Waals surface area contributed by atoms with Gasteiger partial charge in [-0.1, -0.05) is 0 Å². The van der Waals surface area contributed by atoms with E-state index in [1.54, 1.807) is 7.11 Å². The summed E-state index contributed by atoms with van der Waals surface area (Å²) in [5.74, 6) is 2.24. The molecule has 0 spiro atoms. The SMILES string of the molecule is COc1ccc2c(C)cc(N3CCC(C(=O)N4CCCCC4)C3)nc2c1. The summed E-state index contributed by atoms with van der Waals surface area (Å²) >= 11 is 0. The summed E-state index contributed by atoms with van der Waals surface area (Å²) in [6.07, 6.45) is 4.47. The summed E-state index contributed by atoms with van der Waals surface area (Å²) in [4.78, 5) is 22.0. The molecule has 5 nitrogen and oxygen atoms in total. The highest BCUT2D eigenvalue weighted by molar-refractivity contribution is 5.85. The molecule has 4 rings (SSSR count). The molecule has 2 aliphatic heterocycles. The van der Waals surface area contributed by atoms with Crippen molar-refractivity contribution in [2.45, 2.75) is 32.6 Å². The number of fused-ring (bicyclic) bond motifs is 1. The monoisotopic (exact) mass is 353 g/mol. The van der Waals surface area contributed by atoms with Crippen LogP contribution in [0, 0.1) is 12.8 Å². The van der Waals surface area contributed by atoms with Crippen molar-refractivity contribution in [3.8, 4) is 5.75 Å². The second-order valence-electron chi connectivity index (χ2n) is 7.50. The van der Waals surface area contributed by atoms with Crippen molar-refractivity contribution in [2.75, 3.05) is 38.2 Å². The van der Waals surface area contributed by atoms with E-state index < -0.39 is 0 Å². The maximum Gasteiger partial charge on any atom is 0.227 e. The highest BCUT2D eigenvalue weighted by atomic mass is 16.5. The average molecular weight is 353 g/mol. The second kappa shape index (κ2) is 7.14. The molecule has 0 radical (unpaired) electrons. The van der Waals surface area contributed by atoms with E-state index in [-0.39, 0.29) is 5.92 Å². The van der Waals surface area contributed by atoms with Crippen molar-refractivity contribution in [3.05, 3.63) is 29.8 Å². The number of piperidine rings is 1. The normalized spacial score (nSPS) is 20.6. The molecular weight excluding hydrogens is 326 g/mol. The van der Waals surface area contributed by atoms with Crippen LogP contribution in [0.15, 0.2) is 24.3 Å². The molecule has 2 aliphatic rings. The maximum absolute atomic E-state index is 12.8. The van der Waals surface area contributed by atoms with Crippen LogP contribution in [0.5, 0.6) is 5.75 Å². The molecule has 1 aromatic carbocycles. The van der Waals surface area contributed by atoms with E-state index in [1.165, 1.54) is 12.0 Å². The Kier molecular flexibility index (Phi) is 4.70. The number of rotatable bonds is 3. The van der Waals surface area contributed by atoms with Crippen molar-refractivity contribution in [3.63, 3.8) is 0 Å². The number of carbonyl (C=O) groups excluding carboxylic acids is 1. The predicted molar refractivity (Wildman–Crippen MR) is 104 cm³/mol. The zero-order valence-corrected chi connectivity index (χ0v) is 15.7. The zero-order chi connectivity index (χ0) is 18.1. The fourth-order valence-corrected chi connectivity index (χ4v) is 4.20. The molecule has 5 heteroatoms. The molecule has 0 bridgehead atoms. The summed E-state index contributed by atoms with van der Waals surface area (Å²) in [6, 6.07) is 8.16. The quantitative estimate of drug-likeness (QED) is 0.848. The minimum Gasteiger partial charge on any atom is -0.497 e. The van der Waals surface area contributed by atoms with Gasteiger partial charge < -0.3 is 14.5 Å². The van der Waals surface area contributed by atoms with Crippen molar-refractivity contribution >= 4 is 22.6 Å². The molecule has 138 valence electrons.